The van der Waals surface area contributed by atoms with Gasteiger partial charge in [-0.3, -0.25) is 9.59 Å². The standard InChI is InChI=1S/C13H23N3O2/c1-10-13(18)15-7-8-16(10)12(17)5-4-11-3-2-6-14-9-11/h10-11,14H,2-9H2,1H3,(H,15,18). The van der Waals surface area contributed by atoms with Crippen LogP contribution in [0, 0.1) is 5.92 Å². The molecule has 102 valence electrons. The van der Waals surface area contributed by atoms with Crippen LogP contribution in [0.5, 0.6) is 0 Å². The van der Waals surface area contributed by atoms with E-state index in [4.69, 9.17) is 0 Å². The van der Waals surface area contributed by atoms with Gasteiger partial charge in [0.25, 0.3) is 0 Å². The topological polar surface area (TPSA) is 61.4 Å². The minimum Gasteiger partial charge on any atom is -0.353 e. The lowest BCUT2D eigenvalue weighted by Gasteiger charge is -2.33. The van der Waals surface area contributed by atoms with Gasteiger partial charge in [0, 0.05) is 19.5 Å². The van der Waals surface area contributed by atoms with Crippen LogP contribution in [0.15, 0.2) is 0 Å². The predicted octanol–water partition coefficient (Wildman–Crippen LogP) is 0.113. The Morgan fingerprint density at radius 3 is 3.00 bits per heavy atom. The van der Waals surface area contributed by atoms with E-state index in [9.17, 15) is 9.59 Å². The molecule has 5 heteroatoms. The van der Waals surface area contributed by atoms with E-state index in [0.29, 0.717) is 25.4 Å². The normalized spacial score (nSPS) is 28.9. The first kappa shape index (κ1) is 13.3. The highest BCUT2D eigenvalue weighted by Crippen LogP contribution is 2.17. The molecule has 2 atom stereocenters. The smallest absolute Gasteiger partial charge is 0.242 e. The van der Waals surface area contributed by atoms with E-state index in [1.165, 1.54) is 12.8 Å². The number of rotatable bonds is 3. The summed E-state index contributed by atoms with van der Waals surface area (Å²) in [6.45, 7) is 5.17. The fraction of sp³-hybridized carbons (Fsp3) is 0.846. The van der Waals surface area contributed by atoms with Crippen molar-refractivity contribution in [3.05, 3.63) is 0 Å². The predicted molar refractivity (Wildman–Crippen MR) is 69.0 cm³/mol. The zero-order valence-corrected chi connectivity index (χ0v) is 11.1. The van der Waals surface area contributed by atoms with Gasteiger partial charge in [0.05, 0.1) is 0 Å². The van der Waals surface area contributed by atoms with E-state index in [1.54, 1.807) is 11.8 Å². The minimum atomic E-state index is -0.310. The number of carbonyl (C=O) groups excluding carboxylic acids is 2. The van der Waals surface area contributed by atoms with E-state index in [-0.39, 0.29) is 17.9 Å². The summed E-state index contributed by atoms with van der Waals surface area (Å²) in [4.78, 5) is 25.3. The van der Waals surface area contributed by atoms with Crippen LogP contribution in [0.25, 0.3) is 0 Å². The maximum absolute atomic E-state index is 12.1. The second kappa shape index (κ2) is 6.18. The summed E-state index contributed by atoms with van der Waals surface area (Å²) in [5.74, 6) is 0.716. The first-order chi connectivity index (χ1) is 8.68. The molecule has 18 heavy (non-hydrogen) atoms. The van der Waals surface area contributed by atoms with Gasteiger partial charge in [-0.1, -0.05) is 0 Å². The first-order valence-electron chi connectivity index (χ1n) is 6.96. The molecule has 2 unspecified atom stereocenters. The number of hydrogen-bond acceptors (Lipinski definition) is 3. The molecule has 0 spiro atoms. The average Bonchev–Trinajstić information content (AvgIpc) is 2.40. The van der Waals surface area contributed by atoms with E-state index in [0.717, 1.165) is 19.5 Å². The van der Waals surface area contributed by atoms with E-state index in [1.807, 2.05) is 0 Å². The Kier molecular flexibility index (Phi) is 4.58. The molecular formula is C13H23N3O2. The third kappa shape index (κ3) is 3.22. The van der Waals surface area contributed by atoms with Gasteiger partial charge in [-0.15, -0.1) is 0 Å². The van der Waals surface area contributed by atoms with Crippen molar-refractivity contribution in [1.82, 2.24) is 15.5 Å². The molecule has 0 bridgehead atoms. The molecule has 0 aromatic rings. The first-order valence-corrected chi connectivity index (χ1v) is 6.96. The molecule has 5 nitrogen and oxygen atoms in total. The van der Waals surface area contributed by atoms with Crippen LogP contribution in [0.2, 0.25) is 0 Å². The molecule has 0 aliphatic carbocycles. The van der Waals surface area contributed by atoms with Crippen molar-refractivity contribution in [1.29, 1.82) is 0 Å². The molecule has 0 aromatic heterocycles. The Morgan fingerprint density at radius 1 is 1.44 bits per heavy atom. The number of piperazine rings is 1. The van der Waals surface area contributed by atoms with Gasteiger partial charge in [0.15, 0.2) is 0 Å². The third-order valence-electron chi connectivity index (χ3n) is 3.98. The Morgan fingerprint density at radius 2 is 2.28 bits per heavy atom. The van der Waals surface area contributed by atoms with Crippen molar-refractivity contribution in [3.8, 4) is 0 Å². The molecule has 0 saturated carbocycles. The maximum Gasteiger partial charge on any atom is 0.242 e. The van der Waals surface area contributed by atoms with Gasteiger partial charge in [0.2, 0.25) is 11.8 Å². The van der Waals surface area contributed by atoms with Crippen molar-refractivity contribution < 1.29 is 9.59 Å². The Labute approximate surface area is 108 Å². The number of hydrogen-bond donors (Lipinski definition) is 2. The van der Waals surface area contributed by atoms with Gasteiger partial charge in [-0.2, -0.15) is 0 Å². The van der Waals surface area contributed by atoms with E-state index in [2.05, 4.69) is 10.6 Å². The molecule has 0 aromatic carbocycles. The number of amides is 2. The van der Waals surface area contributed by atoms with Crippen molar-refractivity contribution in [2.75, 3.05) is 26.2 Å². The molecule has 2 saturated heterocycles. The van der Waals surface area contributed by atoms with Gasteiger partial charge in [-0.05, 0) is 45.2 Å². The Bertz CT molecular complexity index is 313. The SMILES string of the molecule is CC1C(=O)NCCN1C(=O)CCC1CCCNC1. The van der Waals surface area contributed by atoms with Gasteiger partial charge < -0.3 is 15.5 Å². The fourth-order valence-corrected chi connectivity index (χ4v) is 2.76. The molecule has 2 fully saturated rings. The van der Waals surface area contributed by atoms with Crippen molar-refractivity contribution >= 4 is 11.8 Å². The van der Waals surface area contributed by atoms with E-state index >= 15 is 0 Å². The highest BCUT2D eigenvalue weighted by Gasteiger charge is 2.29. The molecular weight excluding hydrogens is 230 g/mol. The molecule has 2 aliphatic heterocycles. The van der Waals surface area contributed by atoms with Crippen molar-refractivity contribution in [2.45, 2.75) is 38.6 Å². The number of carbonyl (C=O) groups is 2. The summed E-state index contributed by atoms with van der Waals surface area (Å²) in [7, 11) is 0. The molecule has 2 aliphatic rings. The number of nitrogens with zero attached hydrogens (tertiary/aromatic N) is 1. The molecule has 2 heterocycles. The lowest BCUT2D eigenvalue weighted by Crippen LogP contribution is -2.55. The van der Waals surface area contributed by atoms with Crippen LogP contribution in [-0.2, 0) is 9.59 Å². The van der Waals surface area contributed by atoms with Crippen LogP contribution in [0.3, 0.4) is 0 Å². The largest absolute Gasteiger partial charge is 0.353 e. The summed E-state index contributed by atoms with van der Waals surface area (Å²) in [5.41, 5.74) is 0. The third-order valence-corrected chi connectivity index (χ3v) is 3.98. The highest BCUT2D eigenvalue weighted by atomic mass is 16.2. The fourth-order valence-electron chi connectivity index (χ4n) is 2.76. The Balaban J connectivity index is 1.78. The van der Waals surface area contributed by atoms with Crippen molar-refractivity contribution in [2.24, 2.45) is 5.92 Å². The van der Waals surface area contributed by atoms with Crippen LogP contribution in [0.1, 0.15) is 32.6 Å². The maximum atomic E-state index is 12.1. The summed E-state index contributed by atoms with van der Waals surface area (Å²) >= 11 is 0. The molecule has 2 amide bonds. The van der Waals surface area contributed by atoms with Crippen LogP contribution >= 0.6 is 0 Å². The van der Waals surface area contributed by atoms with Crippen molar-refractivity contribution in [3.63, 3.8) is 0 Å². The summed E-state index contributed by atoms with van der Waals surface area (Å²) in [5, 5.41) is 6.14. The zero-order valence-electron chi connectivity index (χ0n) is 11.1. The van der Waals surface area contributed by atoms with Crippen LogP contribution < -0.4 is 10.6 Å². The van der Waals surface area contributed by atoms with Gasteiger partial charge in [-0.25, -0.2) is 0 Å². The lowest BCUT2D eigenvalue weighted by molar-refractivity contribution is -0.142. The zero-order chi connectivity index (χ0) is 13.0. The quantitative estimate of drug-likeness (QED) is 0.750. The van der Waals surface area contributed by atoms with Crippen LogP contribution in [0.4, 0.5) is 0 Å². The summed E-state index contributed by atoms with van der Waals surface area (Å²) in [6, 6.07) is -0.310. The minimum absolute atomic E-state index is 0.0334. The lowest BCUT2D eigenvalue weighted by atomic mass is 9.94. The highest BCUT2D eigenvalue weighted by molar-refractivity contribution is 5.88. The van der Waals surface area contributed by atoms with Crippen LogP contribution in [-0.4, -0.2) is 48.9 Å². The second-order valence-electron chi connectivity index (χ2n) is 5.31. The second-order valence-corrected chi connectivity index (χ2v) is 5.31. The molecule has 2 rings (SSSR count). The Hall–Kier alpha value is -1.10. The number of piperidine rings is 1. The summed E-state index contributed by atoms with van der Waals surface area (Å²) < 4.78 is 0. The van der Waals surface area contributed by atoms with Gasteiger partial charge >= 0.3 is 0 Å². The number of nitrogens with one attached hydrogen (secondary N) is 2. The summed E-state index contributed by atoms with van der Waals surface area (Å²) in [6.07, 6.45) is 3.94. The molecule has 0 radical (unpaired) electrons. The van der Waals surface area contributed by atoms with E-state index < -0.39 is 0 Å². The average molecular weight is 253 g/mol. The monoisotopic (exact) mass is 253 g/mol. The molecule has 2 N–H and O–H groups in total. The van der Waals surface area contributed by atoms with Gasteiger partial charge in [0.1, 0.15) is 6.04 Å².